The first-order valence-electron chi connectivity index (χ1n) is 27.7. The largest absolute Gasteiger partial charge is 0.481 e. The van der Waals surface area contributed by atoms with Crippen LogP contribution in [0.25, 0.3) is 33.4 Å². The number of carboxylic acids is 1. The molecule has 2 aromatic heterocycles. The SMILES string of the molecule is CC[C@@]1(O)C(=O)OCc2c1cc1n(c2=O)Cc2c-1nc1cc(F)c(C)c3c1c2[C@@H](NC(=O)CCNC(=O)CNC(=O)[C@H](Cc1ccccc1)NC(=O)CNC(=O)CNC(=O)[C@H](CC(=O)O)NC(=O)OCC1c2ccccc2-c2ccccc21)CC3. The van der Waals surface area contributed by atoms with Gasteiger partial charge in [-0.15, -0.1) is 0 Å². The second-order valence-electron chi connectivity index (χ2n) is 21.2. The number of hydrogen-bond acceptors (Lipinski definition) is 14. The summed E-state index contributed by atoms with van der Waals surface area (Å²) in [6.45, 7) is 0.792. The van der Waals surface area contributed by atoms with Crippen molar-refractivity contribution in [3.05, 3.63) is 157 Å². The molecule has 0 bridgehead atoms. The monoisotopic (exact) mass is 1160 g/mol. The Morgan fingerprint density at radius 2 is 1.44 bits per heavy atom. The predicted octanol–water partition coefficient (Wildman–Crippen LogP) is 2.60. The van der Waals surface area contributed by atoms with Gasteiger partial charge in [-0.05, 0) is 76.8 Å². The van der Waals surface area contributed by atoms with Crippen molar-refractivity contribution < 1.29 is 67.2 Å². The number of aliphatic carboxylic acids is 1. The van der Waals surface area contributed by atoms with Crippen LogP contribution in [0.2, 0.25) is 0 Å². The van der Waals surface area contributed by atoms with Gasteiger partial charge in [-0.25, -0.2) is 19.0 Å². The Hall–Kier alpha value is -9.84. The summed E-state index contributed by atoms with van der Waals surface area (Å²) < 4.78 is 27.6. The maximum absolute atomic E-state index is 15.4. The number of carboxylic acid groups (broad SMARTS) is 1. The van der Waals surface area contributed by atoms with E-state index in [0.29, 0.717) is 62.9 Å². The molecule has 0 fully saturated rings. The van der Waals surface area contributed by atoms with Crippen LogP contribution in [0.5, 0.6) is 0 Å². The summed E-state index contributed by atoms with van der Waals surface area (Å²) in [5.41, 5.74) is 5.58. The average Bonchev–Trinajstić information content (AvgIpc) is 1.71. The van der Waals surface area contributed by atoms with E-state index < -0.39 is 115 Å². The van der Waals surface area contributed by atoms with E-state index >= 15 is 4.39 Å². The first kappa shape index (κ1) is 58.4. The Morgan fingerprint density at radius 1 is 0.788 bits per heavy atom. The molecule has 23 nitrogen and oxygen atoms in total. The lowest BCUT2D eigenvalue weighted by molar-refractivity contribution is -0.172. The van der Waals surface area contributed by atoms with Gasteiger partial charge in [0.15, 0.2) is 5.60 Å². The van der Waals surface area contributed by atoms with Crippen molar-refractivity contribution >= 4 is 64.4 Å². The summed E-state index contributed by atoms with van der Waals surface area (Å²) in [6.07, 6.45) is -1.42. The van der Waals surface area contributed by atoms with Crippen molar-refractivity contribution in [1.29, 1.82) is 0 Å². The van der Waals surface area contributed by atoms with Gasteiger partial charge < -0.3 is 61.5 Å². The number of benzene rings is 4. The minimum absolute atomic E-state index is 0.0257. The summed E-state index contributed by atoms with van der Waals surface area (Å²) in [7, 11) is 0. The van der Waals surface area contributed by atoms with E-state index in [9.17, 15) is 58.2 Å². The molecular formula is C61H60FN9O14. The Bertz CT molecular complexity index is 3770. The van der Waals surface area contributed by atoms with Crippen molar-refractivity contribution in [1.82, 2.24) is 46.8 Å². The third-order valence-electron chi connectivity index (χ3n) is 15.9. The van der Waals surface area contributed by atoms with Crippen molar-refractivity contribution in [2.45, 2.75) is 95.2 Å². The predicted molar refractivity (Wildman–Crippen MR) is 301 cm³/mol. The highest BCUT2D eigenvalue weighted by Gasteiger charge is 2.46. The number of fused-ring (bicyclic) bond motifs is 8. The number of aryl methyl sites for hydroxylation is 1. The molecule has 10 rings (SSSR count). The van der Waals surface area contributed by atoms with Gasteiger partial charge in [0, 0.05) is 47.9 Å². The number of hydrogen-bond donors (Lipinski definition) is 9. The smallest absolute Gasteiger partial charge is 0.407 e. The average molecular weight is 1160 g/mol. The number of rotatable bonds is 21. The molecular weight excluding hydrogens is 1100 g/mol. The molecule has 440 valence electrons. The molecule has 4 aromatic carbocycles. The van der Waals surface area contributed by atoms with E-state index in [0.717, 1.165) is 22.3 Å². The Kier molecular flexibility index (Phi) is 16.9. The molecule has 4 atom stereocenters. The number of nitrogens with zero attached hydrogens (tertiary/aromatic N) is 2. The second kappa shape index (κ2) is 24.5. The number of aliphatic hydroxyl groups is 1. The highest BCUT2D eigenvalue weighted by molar-refractivity contribution is 5.96. The number of halogens is 1. The molecule has 7 amide bonds. The summed E-state index contributed by atoms with van der Waals surface area (Å²) in [6, 6.07) is 23.3. The van der Waals surface area contributed by atoms with Crippen LogP contribution in [0, 0.1) is 12.7 Å². The number of pyridine rings is 2. The Labute approximate surface area is 484 Å². The Balaban J connectivity index is 0.704. The van der Waals surface area contributed by atoms with Gasteiger partial charge in [-0.2, -0.15) is 0 Å². The third-order valence-corrected chi connectivity index (χ3v) is 15.9. The van der Waals surface area contributed by atoms with Gasteiger partial charge in [0.2, 0.25) is 35.4 Å². The van der Waals surface area contributed by atoms with Crippen LogP contribution in [0.15, 0.2) is 95.8 Å². The lowest BCUT2D eigenvalue weighted by Crippen LogP contribution is -2.53. The lowest BCUT2D eigenvalue weighted by Gasteiger charge is -2.31. The van der Waals surface area contributed by atoms with E-state index in [1.807, 2.05) is 48.5 Å². The van der Waals surface area contributed by atoms with Crippen molar-refractivity contribution in [2.24, 2.45) is 0 Å². The molecule has 9 N–H and O–H groups in total. The number of esters is 1. The van der Waals surface area contributed by atoms with E-state index in [4.69, 9.17) is 14.5 Å². The molecule has 6 aromatic rings. The number of carbonyl (C=O) groups is 9. The molecule has 4 heterocycles. The number of cyclic esters (lactones) is 1. The van der Waals surface area contributed by atoms with Gasteiger partial charge in [-0.1, -0.05) is 85.8 Å². The molecule has 2 aliphatic carbocycles. The molecule has 24 heteroatoms. The van der Waals surface area contributed by atoms with Crippen molar-refractivity contribution in [2.75, 3.05) is 32.8 Å². The number of nitrogens with one attached hydrogen (secondary N) is 7. The van der Waals surface area contributed by atoms with Crippen LogP contribution < -0.4 is 42.8 Å². The first-order chi connectivity index (χ1) is 40.8. The van der Waals surface area contributed by atoms with Crippen molar-refractivity contribution in [3.63, 3.8) is 0 Å². The fourth-order valence-electron chi connectivity index (χ4n) is 11.6. The number of alkyl carbamates (subject to hydrolysis) is 1. The van der Waals surface area contributed by atoms with Gasteiger partial charge in [0.25, 0.3) is 5.56 Å². The van der Waals surface area contributed by atoms with Crippen LogP contribution in [0.4, 0.5) is 9.18 Å². The number of ether oxygens (including phenoxy) is 2. The van der Waals surface area contributed by atoms with Gasteiger partial charge >= 0.3 is 18.0 Å². The Morgan fingerprint density at radius 3 is 2.12 bits per heavy atom. The minimum atomic E-state index is -2.07. The zero-order valence-electron chi connectivity index (χ0n) is 46.2. The maximum Gasteiger partial charge on any atom is 0.407 e. The second-order valence-corrected chi connectivity index (χ2v) is 21.2. The van der Waals surface area contributed by atoms with Crippen LogP contribution in [-0.2, 0) is 79.4 Å². The number of amides is 7. The van der Waals surface area contributed by atoms with Gasteiger partial charge in [-0.3, -0.25) is 38.4 Å². The zero-order valence-corrected chi connectivity index (χ0v) is 46.2. The van der Waals surface area contributed by atoms with E-state index in [1.165, 1.54) is 10.6 Å². The normalized spacial score (nSPS) is 16.6. The minimum Gasteiger partial charge on any atom is -0.481 e. The topological polar surface area (TPSA) is 332 Å². The zero-order chi connectivity index (χ0) is 60.3. The molecule has 0 saturated carbocycles. The highest BCUT2D eigenvalue weighted by Crippen LogP contribution is 2.47. The molecule has 0 unspecified atom stereocenters. The summed E-state index contributed by atoms with van der Waals surface area (Å²) in [5.74, 6) is -7.65. The number of aromatic nitrogens is 2. The standard InChI is InChI=1S/C61H60FN9O14/c1-3-61(83)41-22-47-55-38(28-71(47)58(80)40(41)30-84-59(61)81)54-43(18-17-33-31(2)42(62)23-44(69-55)53(33)54)67-48(72)19-20-63-49(73)25-65-56(78)45(21-32-11-5-4-6-12-32)68-51(75)27-64-50(74)26-66-57(79)46(24-52(76)77)70-60(82)85-29-39-36-15-9-7-13-34(36)35-14-8-10-16-37(35)39/h4-16,22-23,39,43,45-46,83H,3,17-21,24-30H2,1-2H3,(H,63,73)(H,64,74)(H,65,78)(H,66,79)(H,67,72)(H,68,75)(H,70,82)(H,76,77)/t43-,45-,46-,61-/m0/s1. The fourth-order valence-corrected chi connectivity index (χ4v) is 11.6. The first-order valence-corrected chi connectivity index (χ1v) is 27.7. The van der Waals surface area contributed by atoms with Gasteiger partial charge in [0.05, 0.1) is 61.1 Å². The molecule has 0 radical (unpaired) electrons. The summed E-state index contributed by atoms with van der Waals surface area (Å²) >= 11 is 0. The summed E-state index contributed by atoms with van der Waals surface area (Å²) in [4.78, 5) is 136. The van der Waals surface area contributed by atoms with Crippen LogP contribution in [0.3, 0.4) is 0 Å². The maximum atomic E-state index is 15.4. The molecule has 0 saturated heterocycles. The molecule has 2 aliphatic heterocycles. The molecule has 85 heavy (non-hydrogen) atoms. The quantitative estimate of drug-likeness (QED) is 0.0467. The van der Waals surface area contributed by atoms with E-state index in [1.54, 1.807) is 50.2 Å². The van der Waals surface area contributed by atoms with Crippen LogP contribution in [0.1, 0.15) is 94.6 Å². The van der Waals surface area contributed by atoms with Crippen LogP contribution in [-0.4, -0.2) is 118 Å². The number of carbonyl (C=O) groups excluding carboxylic acids is 8. The third kappa shape index (κ3) is 12.0. The lowest BCUT2D eigenvalue weighted by atomic mass is 9.81. The van der Waals surface area contributed by atoms with E-state index in [2.05, 4.69) is 37.2 Å². The van der Waals surface area contributed by atoms with E-state index in [-0.39, 0.29) is 62.6 Å². The van der Waals surface area contributed by atoms with Crippen molar-refractivity contribution in [3.8, 4) is 22.5 Å². The van der Waals surface area contributed by atoms with Crippen LogP contribution >= 0.6 is 0 Å². The highest BCUT2D eigenvalue weighted by atomic mass is 19.1. The summed E-state index contributed by atoms with van der Waals surface area (Å²) in [5, 5.41) is 39.1. The van der Waals surface area contributed by atoms with Gasteiger partial charge in [0.1, 0.15) is 31.1 Å². The molecule has 0 spiro atoms. The molecule has 4 aliphatic rings. The fraction of sp³-hybridized carbons (Fsp3) is 0.328.